The van der Waals surface area contributed by atoms with E-state index in [2.05, 4.69) is 5.32 Å². The predicted molar refractivity (Wildman–Crippen MR) is 111 cm³/mol. The first-order valence-corrected chi connectivity index (χ1v) is 8.87. The van der Waals surface area contributed by atoms with Gasteiger partial charge in [0, 0.05) is 28.4 Å². The molecule has 0 fully saturated rings. The van der Waals surface area contributed by atoms with E-state index >= 15 is 0 Å². The SMILES string of the molecule is Cc1ccccc1NC(=S)C(=C(O)c1ccc(Cl)cc1)[n+]1ccccc1. The second-order valence-corrected chi connectivity index (χ2v) is 6.60. The van der Waals surface area contributed by atoms with Crippen molar-refractivity contribution in [3.8, 4) is 0 Å². The van der Waals surface area contributed by atoms with Crippen LogP contribution < -0.4 is 9.88 Å². The van der Waals surface area contributed by atoms with E-state index in [-0.39, 0.29) is 5.76 Å². The highest BCUT2D eigenvalue weighted by Crippen LogP contribution is 2.21. The molecule has 130 valence electrons. The molecule has 0 aliphatic carbocycles. The molecule has 2 aromatic carbocycles. The van der Waals surface area contributed by atoms with Gasteiger partial charge in [0.1, 0.15) is 0 Å². The Balaban J connectivity index is 2.06. The first kappa shape index (κ1) is 18.1. The molecule has 3 aromatic rings. The van der Waals surface area contributed by atoms with Gasteiger partial charge in [0.2, 0.25) is 0 Å². The third-order valence-electron chi connectivity index (χ3n) is 3.92. The molecule has 0 aliphatic heterocycles. The van der Waals surface area contributed by atoms with Crippen LogP contribution in [-0.2, 0) is 0 Å². The highest BCUT2D eigenvalue weighted by Gasteiger charge is 2.23. The van der Waals surface area contributed by atoms with Gasteiger partial charge < -0.3 is 10.4 Å². The Labute approximate surface area is 163 Å². The van der Waals surface area contributed by atoms with Gasteiger partial charge in [-0.1, -0.05) is 48.1 Å². The molecule has 1 heterocycles. The van der Waals surface area contributed by atoms with E-state index < -0.39 is 0 Å². The molecule has 0 saturated carbocycles. The van der Waals surface area contributed by atoms with Gasteiger partial charge in [0.05, 0.1) is 0 Å². The fourth-order valence-electron chi connectivity index (χ4n) is 2.53. The standard InChI is InChI=1S/C21H17ClN2OS/c1-15-7-3-4-8-18(15)23-21(26)19(24-13-5-2-6-14-24)20(25)16-9-11-17(22)12-10-16/h2-14H,1H3,(H-,23,25,26)/p+1. The Hall–Kier alpha value is -2.69. The number of aryl methyl sites for hydroxylation is 1. The minimum Gasteiger partial charge on any atom is -0.502 e. The fourth-order valence-corrected chi connectivity index (χ4v) is 2.97. The molecular formula is C21H18ClN2OS+. The van der Waals surface area contributed by atoms with Crippen LogP contribution in [0, 0.1) is 6.92 Å². The lowest BCUT2D eigenvalue weighted by atomic mass is 10.1. The second-order valence-electron chi connectivity index (χ2n) is 5.76. The van der Waals surface area contributed by atoms with E-state index in [4.69, 9.17) is 23.8 Å². The highest BCUT2D eigenvalue weighted by molar-refractivity contribution is 7.81. The maximum atomic E-state index is 10.9. The van der Waals surface area contributed by atoms with E-state index in [0.29, 0.717) is 21.3 Å². The summed E-state index contributed by atoms with van der Waals surface area (Å²) in [7, 11) is 0. The lowest BCUT2D eigenvalue weighted by molar-refractivity contribution is -0.575. The molecule has 3 nitrogen and oxygen atoms in total. The zero-order chi connectivity index (χ0) is 18.5. The number of anilines is 1. The molecule has 0 atom stereocenters. The zero-order valence-corrected chi connectivity index (χ0v) is 15.8. The number of hydrogen-bond donors (Lipinski definition) is 2. The van der Waals surface area contributed by atoms with Crippen LogP contribution in [0.2, 0.25) is 5.02 Å². The van der Waals surface area contributed by atoms with Gasteiger partial charge in [-0.25, -0.2) is 0 Å². The van der Waals surface area contributed by atoms with E-state index in [1.54, 1.807) is 28.8 Å². The summed E-state index contributed by atoms with van der Waals surface area (Å²) in [4.78, 5) is 0.419. The summed E-state index contributed by atoms with van der Waals surface area (Å²) in [6, 6.07) is 20.5. The number of hydrogen-bond acceptors (Lipinski definition) is 2. The minimum atomic E-state index is 0.0731. The van der Waals surface area contributed by atoms with Crippen LogP contribution in [0.25, 0.3) is 11.5 Å². The number of thiocarbonyl (C=S) groups is 1. The van der Waals surface area contributed by atoms with E-state index in [1.807, 2.05) is 61.8 Å². The number of nitrogens with zero attached hydrogens (tertiary/aromatic N) is 1. The number of aromatic nitrogens is 1. The van der Waals surface area contributed by atoms with Crippen molar-refractivity contribution in [2.75, 3.05) is 5.32 Å². The Morgan fingerprint density at radius 2 is 1.62 bits per heavy atom. The van der Waals surface area contributed by atoms with Crippen molar-refractivity contribution in [1.29, 1.82) is 0 Å². The van der Waals surface area contributed by atoms with Crippen molar-refractivity contribution < 1.29 is 9.67 Å². The topological polar surface area (TPSA) is 36.1 Å². The third kappa shape index (κ3) is 4.10. The van der Waals surface area contributed by atoms with Crippen molar-refractivity contribution in [1.82, 2.24) is 0 Å². The molecule has 0 aliphatic rings. The normalized spacial score (nSPS) is 11.6. The van der Waals surface area contributed by atoms with Crippen LogP contribution in [0.3, 0.4) is 0 Å². The smallest absolute Gasteiger partial charge is 0.288 e. The van der Waals surface area contributed by atoms with Crippen molar-refractivity contribution in [2.24, 2.45) is 0 Å². The molecule has 0 spiro atoms. The predicted octanol–water partition coefficient (Wildman–Crippen LogP) is 5.26. The molecule has 2 N–H and O–H groups in total. The Morgan fingerprint density at radius 1 is 0.962 bits per heavy atom. The molecule has 0 radical (unpaired) electrons. The second kappa shape index (κ2) is 8.13. The number of para-hydroxylation sites is 1. The van der Waals surface area contributed by atoms with Gasteiger partial charge >= 0.3 is 0 Å². The van der Waals surface area contributed by atoms with Crippen LogP contribution >= 0.6 is 23.8 Å². The molecule has 0 unspecified atom stereocenters. The fraction of sp³-hybridized carbons (Fsp3) is 0.0476. The molecule has 3 rings (SSSR count). The van der Waals surface area contributed by atoms with Gasteiger partial charge in [-0.05, 0) is 42.8 Å². The quantitative estimate of drug-likeness (QED) is 0.280. The average molecular weight is 382 g/mol. The lowest BCUT2D eigenvalue weighted by Crippen LogP contribution is -2.38. The summed E-state index contributed by atoms with van der Waals surface area (Å²) in [5, 5.41) is 14.8. The van der Waals surface area contributed by atoms with Gasteiger partial charge in [0.25, 0.3) is 5.70 Å². The maximum absolute atomic E-state index is 10.9. The Morgan fingerprint density at radius 3 is 2.27 bits per heavy atom. The van der Waals surface area contributed by atoms with E-state index in [9.17, 15) is 5.11 Å². The van der Waals surface area contributed by atoms with Crippen molar-refractivity contribution in [3.63, 3.8) is 0 Å². The van der Waals surface area contributed by atoms with Crippen LogP contribution in [0.15, 0.2) is 79.1 Å². The molecule has 5 heteroatoms. The van der Waals surface area contributed by atoms with Gasteiger partial charge in [-0.15, -0.1) is 0 Å². The van der Waals surface area contributed by atoms with E-state index in [1.165, 1.54) is 0 Å². The Bertz CT molecular complexity index is 953. The maximum Gasteiger partial charge on any atom is 0.288 e. The van der Waals surface area contributed by atoms with Crippen molar-refractivity contribution >= 4 is 46.0 Å². The molecule has 0 saturated heterocycles. The lowest BCUT2D eigenvalue weighted by Gasteiger charge is -2.12. The van der Waals surface area contributed by atoms with Crippen LogP contribution in [-0.4, -0.2) is 10.1 Å². The molecule has 26 heavy (non-hydrogen) atoms. The number of nitrogens with one attached hydrogen (secondary N) is 1. The molecule has 1 aromatic heterocycles. The first-order valence-electron chi connectivity index (χ1n) is 8.09. The molecule has 0 bridgehead atoms. The summed E-state index contributed by atoms with van der Waals surface area (Å²) in [6.45, 7) is 2.00. The van der Waals surface area contributed by atoms with Crippen molar-refractivity contribution in [3.05, 3.63) is 95.3 Å². The molecular weight excluding hydrogens is 364 g/mol. The van der Waals surface area contributed by atoms with Crippen LogP contribution in [0.5, 0.6) is 0 Å². The summed E-state index contributed by atoms with van der Waals surface area (Å²) in [5.41, 5.74) is 3.09. The number of benzene rings is 2. The average Bonchev–Trinajstić information content (AvgIpc) is 2.65. The largest absolute Gasteiger partial charge is 0.502 e. The van der Waals surface area contributed by atoms with Gasteiger partial charge in [-0.2, -0.15) is 4.57 Å². The summed E-state index contributed by atoms with van der Waals surface area (Å²) in [5.74, 6) is 0.0731. The van der Waals surface area contributed by atoms with Crippen LogP contribution in [0.4, 0.5) is 5.69 Å². The summed E-state index contributed by atoms with van der Waals surface area (Å²) in [6.07, 6.45) is 3.68. The summed E-state index contributed by atoms with van der Waals surface area (Å²) >= 11 is 11.6. The molecule has 0 amide bonds. The Kier molecular flexibility index (Phi) is 5.66. The number of rotatable bonds is 4. The number of aliphatic hydroxyl groups is 1. The first-order chi connectivity index (χ1) is 12.6. The summed E-state index contributed by atoms with van der Waals surface area (Å²) < 4.78 is 1.79. The monoisotopic (exact) mass is 381 g/mol. The minimum absolute atomic E-state index is 0.0731. The highest BCUT2D eigenvalue weighted by atomic mass is 35.5. The number of halogens is 1. The zero-order valence-electron chi connectivity index (χ0n) is 14.2. The van der Waals surface area contributed by atoms with Crippen LogP contribution in [0.1, 0.15) is 11.1 Å². The van der Waals surface area contributed by atoms with Gasteiger partial charge in [-0.3, -0.25) is 0 Å². The van der Waals surface area contributed by atoms with E-state index in [0.717, 1.165) is 11.3 Å². The number of aliphatic hydroxyl groups excluding tert-OH is 1. The van der Waals surface area contributed by atoms with Gasteiger partial charge in [0.15, 0.2) is 23.1 Å². The number of pyridine rings is 1. The van der Waals surface area contributed by atoms with Crippen molar-refractivity contribution in [2.45, 2.75) is 6.92 Å². The third-order valence-corrected chi connectivity index (χ3v) is 4.47.